The van der Waals surface area contributed by atoms with Crippen molar-refractivity contribution in [2.75, 3.05) is 5.32 Å². The quantitative estimate of drug-likeness (QED) is 0.705. The molecular formula is C18H17FN4OS. The summed E-state index contributed by atoms with van der Waals surface area (Å²) in [7, 11) is 1.90. The zero-order chi connectivity index (χ0) is 17.8. The number of aromatic nitrogens is 3. The minimum atomic E-state index is -0.242. The van der Waals surface area contributed by atoms with Gasteiger partial charge in [0, 0.05) is 31.0 Å². The van der Waals surface area contributed by atoms with E-state index in [0.29, 0.717) is 17.3 Å². The molecule has 0 radical (unpaired) electrons. The third-order valence-corrected chi connectivity index (χ3v) is 4.65. The van der Waals surface area contributed by atoms with Crippen molar-refractivity contribution in [3.05, 3.63) is 59.9 Å². The summed E-state index contributed by atoms with van der Waals surface area (Å²) in [4.78, 5) is 11.2. The number of hydrogen-bond acceptors (Lipinski definition) is 4. The lowest BCUT2D eigenvalue weighted by Gasteiger charge is -2.06. The number of thioether (sulfide) groups is 1. The van der Waals surface area contributed by atoms with Crippen LogP contribution in [0.2, 0.25) is 0 Å². The number of hydrogen-bond donors (Lipinski definition) is 1. The second kappa shape index (κ2) is 7.48. The average molecular weight is 356 g/mol. The smallest absolute Gasteiger partial charge is 0.221 e. The molecule has 3 aromatic rings. The number of anilines is 1. The van der Waals surface area contributed by atoms with Crippen molar-refractivity contribution in [1.29, 1.82) is 0 Å². The Balaban J connectivity index is 1.76. The lowest BCUT2D eigenvalue weighted by molar-refractivity contribution is -0.114. The number of halogens is 1. The monoisotopic (exact) mass is 356 g/mol. The fourth-order valence-electron chi connectivity index (χ4n) is 2.36. The van der Waals surface area contributed by atoms with E-state index >= 15 is 0 Å². The average Bonchev–Trinajstić information content (AvgIpc) is 2.95. The second-order valence-corrected chi connectivity index (χ2v) is 6.48. The van der Waals surface area contributed by atoms with E-state index in [1.54, 1.807) is 12.1 Å². The van der Waals surface area contributed by atoms with E-state index in [9.17, 15) is 9.18 Å². The third-order valence-electron chi connectivity index (χ3n) is 3.56. The molecule has 0 spiro atoms. The highest BCUT2D eigenvalue weighted by Gasteiger charge is 2.12. The first-order valence-electron chi connectivity index (χ1n) is 7.67. The predicted octanol–water partition coefficient (Wildman–Crippen LogP) is 3.87. The standard InChI is InChI=1S/C18H17FN4OS/c1-12(24)20-16-5-3-4-14(10-16)17-21-22-18(23(17)2)25-11-13-6-8-15(19)9-7-13/h3-10H,11H2,1-2H3,(H,20,24). The SMILES string of the molecule is CC(=O)Nc1cccc(-c2nnc(SCc3ccc(F)cc3)n2C)c1. The third kappa shape index (κ3) is 4.24. The van der Waals surface area contributed by atoms with Gasteiger partial charge in [0.2, 0.25) is 5.91 Å². The van der Waals surface area contributed by atoms with E-state index in [-0.39, 0.29) is 11.7 Å². The van der Waals surface area contributed by atoms with E-state index in [2.05, 4.69) is 15.5 Å². The number of nitrogens with one attached hydrogen (secondary N) is 1. The van der Waals surface area contributed by atoms with Gasteiger partial charge in [0.05, 0.1) is 0 Å². The lowest BCUT2D eigenvalue weighted by Crippen LogP contribution is -2.05. The minimum absolute atomic E-state index is 0.120. The fraction of sp³-hybridized carbons (Fsp3) is 0.167. The van der Waals surface area contributed by atoms with Crippen LogP contribution in [0.25, 0.3) is 11.4 Å². The van der Waals surface area contributed by atoms with E-state index in [1.165, 1.54) is 30.8 Å². The Morgan fingerprint density at radius 1 is 1.20 bits per heavy atom. The summed E-state index contributed by atoms with van der Waals surface area (Å²) in [5, 5.41) is 12.0. The van der Waals surface area contributed by atoms with Crippen molar-refractivity contribution in [3.63, 3.8) is 0 Å². The summed E-state index contributed by atoms with van der Waals surface area (Å²) in [5.41, 5.74) is 2.60. The number of nitrogens with zero attached hydrogens (tertiary/aromatic N) is 3. The molecule has 0 unspecified atom stereocenters. The highest BCUT2D eigenvalue weighted by atomic mass is 32.2. The first-order chi connectivity index (χ1) is 12.0. The Hall–Kier alpha value is -2.67. The summed E-state index contributed by atoms with van der Waals surface area (Å²) in [6, 6.07) is 13.9. The van der Waals surface area contributed by atoms with Crippen LogP contribution in [0.1, 0.15) is 12.5 Å². The zero-order valence-corrected chi connectivity index (χ0v) is 14.7. The lowest BCUT2D eigenvalue weighted by atomic mass is 10.2. The predicted molar refractivity (Wildman–Crippen MR) is 96.7 cm³/mol. The van der Waals surface area contributed by atoms with Gasteiger partial charge < -0.3 is 9.88 Å². The molecule has 0 saturated carbocycles. The Bertz CT molecular complexity index is 892. The van der Waals surface area contributed by atoms with Crippen LogP contribution in [0.5, 0.6) is 0 Å². The molecule has 3 rings (SSSR count). The summed E-state index contributed by atoms with van der Waals surface area (Å²) in [6.45, 7) is 1.47. The molecule has 1 aromatic heterocycles. The molecule has 0 aliphatic rings. The van der Waals surface area contributed by atoms with Crippen molar-refractivity contribution < 1.29 is 9.18 Å². The molecule has 0 bridgehead atoms. The molecule has 0 atom stereocenters. The van der Waals surface area contributed by atoms with Crippen LogP contribution < -0.4 is 5.32 Å². The molecule has 0 saturated heterocycles. The number of carbonyl (C=O) groups excluding carboxylic acids is 1. The van der Waals surface area contributed by atoms with Crippen molar-refractivity contribution in [2.24, 2.45) is 7.05 Å². The van der Waals surface area contributed by atoms with E-state index < -0.39 is 0 Å². The molecular weight excluding hydrogens is 339 g/mol. The van der Waals surface area contributed by atoms with Crippen molar-refractivity contribution >= 4 is 23.4 Å². The maximum Gasteiger partial charge on any atom is 0.221 e. The normalized spacial score (nSPS) is 10.7. The van der Waals surface area contributed by atoms with Gasteiger partial charge >= 0.3 is 0 Å². The molecule has 1 heterocycles. The van der Waals surface area contributed by atoms with Crippen LogP contribution in [-0.2, 0) is 17.6 Å². The number of amides is 1. The molecule has 7 heteroatoms. The molecule has 1 amide bonds. The summed E-state index contributed by atoms with van der Waals surface area (Å²) < 4.78 is 14.9. The molecule has 0 aliphatic carbocycles. The van der Waals surface area contributed by atoms with Gasteiger partial charge in [-0.05, 0) is 29.8 Å². The molecule has 25 heavy (non-hydrogen) atoms. The maximum atomic E-state index is 13.0. The Kier molecular flexibility index (Phi) is 5.14. The molecule has 0 fully saturated rings. The fourth-order valence-corrected chi connectivity index (χ4v) is 3.23. The molecule has 2 aromatic carbocycles. The minimum Gasteiger partial charge on any atom is -0.326 e. The maximum absolute atomic E-state index is 13.0. The topological polar surface area (TPSA) is 59.8 Å². The summed E-state index contributed by atoms with van der Waals surface area (Å²) in [6.07, 6.45) is 0. The number of carbonyl (C=O) groups is 1. The van der Waals surface area contributed by atoms with E-state index in [0.717, 1.165) is 16.3 Å². The van der Waals surface area contributed by atoms with Crippen molar-refractivity contribution in [3.8, 4) is 11.4 Å². The Morgan fingerprint density at radius 2 is 1.96 bits per heavy atom. The van der Waals surface area contributed by atoms with Crippen LogP contribution in [-0.4, -0.2) is 20.7 Å². The van der Waals surface area contributed by atoms with Crippen LogP contribution in [0.15, 0.2) is 53.7 Å². The summed E-state index contributed by atoms with van der Waals surface area (Å²) >= 11 is 1.53. The van der Waals surface area contributed by atoms with Gasteiger partial charge in [-0.3, -0.25) is 4.79 Å². The first-order valence-corrected chi connectivity index (χ1v) is 8.66. The highest BCUT2D eigenvalue weighted by Crippen LogP contribution is 2.26. The highest BCUT2D eigenvalue weighted by molar-refractivity contribution is 7.98. The van der Waals surface area contributed by atoms with Crippen molar-refractivity contribution in [1.82, 2.24) is 14.8 Å². The first kappa shape index (κ1) is 17.2. The van der Waals surface area contributed by atoms with Gasteiger partial charge in [0.1, 0.15) is 5.82 Å². The van der Waals surface area contributed by atoms with Gasteiger partial charge in [-0.15, -0.1) is 10.2 Å². The zero-order valence-electron chi connectivity index (χ0n) is 13.9. The summed E-state index contributed by atoms with van der Waals surface area (Å²) in [5.74, 6) is 1.03. The van der Waals surface area contributed by atoms with Gasteiger partial charge in [-0.1, -0.05) is 36.0 Å². The van der Waals surface area contributed by atoms with E-state index in [1.807, 2.05) is 35.9 Å². The van der Waals surface area contributed by atoms with Gasteiger partial charge in [0.15, 0.2) is 11.0 Å². The van der Waals surface area contributed by atoms with Gasteiger partial charge in [-0.2, -0.15) is 0 Å². The van der Waals surface area contributed by atoms with Crippen molar-refractivity contribution in [2.45, 2.75) is 17.8 Å². The molecule has 5 nitrogen and oxygen atoms in total. The van der Waals surface area contributed by atoms with Crippen LogP contribution in [0, 0.1) is 5.82 Å². The molecule has 1 N–H and O–H groups in total. The second-order valence-electron chi connectivity index (χ2n) is 5.54. The Morgan fingerprint density at radius 3 is 2.68 bits per heavy atom. The van der Waals surface area contributed by atoms with Gasteiger partial charge in [-0.25, -0.2) is 4.39 Å². The number of benzene rings is 2. The molecule has 128 valence electrons. The number of rotatable bonds is 5. The van der Waals surface area contributed by atoms with E-state index in [4.69, 9.17) is 0 Å². The Labute approximate surface area is 149 Å². The largest absolute Gasteiger partial charge is 0.326 e. The van der Waals surface area contributed by atoms with Crippen LogP contribution in [0.4, 0.5) is 10.1 Å². The molecule has 0 aliphatic heterocycles. The van der Waals surface area contributed by atoms with Crippen LogP contribution >= 0.6 is 11.8 Å². The van der Waals surface area contributed by atoms with Gasteiger partial charge in [0.25, 0.3) is 0 Å². The van der Waals surface area contributed by atoms with Crippen LogP contribution in [0.3, 0.4) is 0 Å².